The van der Waals surface area contributed by atoms with Gasteiger partial charge in [-0.25, -0.2) is 9.97 Å². The number of benzene rings is 1. The van der Waals surface area contributed by atoms with E-state index in [-0.39, 0.29) is 6.10 Å². The molecular formula is C23H30N4O. The first-order valence-electron chi connectivity index (χ1n) is 10.5. The van der Waals surface area contributed by atoms with E-state index in [2.05, 4.69) is 51.2 Å². The minimum atomic E-state index is 0.212. The van der Waals surface area contributed by atoms with Crippen LogP contribution in [0.25, 0.3) is 0 Å². The molecule has 0 unspecified atom stereocenters. The summed E-state index contributed by atoms with van der Waals surface area (Å²) in [7, 11) is 0. The Kier molecular flexibility index (Phi) is 5.89. The topological polar surface area (TPSA) is 50.6 Å². The summed E-state index contributed by atoms with van der Waals surface area (Å²) in [5.41, 5.74) is 5.12. The fraction of sp³-hybridized carbons (Fsp3) is 0.522. The average Bonchev–Trinajstić information content (AvgIpc) is 2.74. The van der Waals surface area contributed by atoms with Gasteiger partial charge in [-0.05, 0) is 56.6 Å². The highest BCUT2D eigenvalue weighted by molar-refractivity contribution is 5.84. The van der Waals surface area contributed by atoms with Crippen LogP contribution in [0.5, 0.6) is 0 Å². The third-order valence-electron chi connectivity index (χ3n) is 5.93. The zero-order chi connectivity index (χ0) is 19.3. The molecule has 5 nitrogen and oxygen atoms in total. The van der Waals surface area contributed by atoms with Crippen LogP contribution < -0.4 is 4.90 Å². The summed E-state index contributed by atoms with van der Waals surface area (Å²) in [6, 6.07) is 9.00. The number of rotatable bonds is 4. The zero-order valence-corrected chi connectivity index (χ0v) is 17.0. The van der Waals surface area contributed by atoms with Gasteiger partial charge in [-0.3, -0.25) is 0 Å². The zero-order valence-electron chi connectivity index (χ0n) is 17.0. The maximum absolute atomic E-state index is 5.90. The van der Waals surface area contributed by atoms with Gasteiger partial charge in [0.15, 0.2) is 0 Å². The minimum Gasteiger partial charge on any atom is -0.392 e. The summed E-state index contributed by atoms with van der Waals surface area (Å²) in [5, 5.41) is 4.53. The maximum atomic E-state index is 5.90. The molecule has 2 heterocycles. The summed E-state index contributed by atoms with van der Waals surface area (Å²) < 4.78 is 0. The van der Waals surface area contributed by atoms with E-state index in [0.717, 1.165) is 50.3 Å². The van der Waals surface area contributed by atoms with Gasteiger partial charge in [0.1, 0.15) is 6.10 Å². The number of hydrogen-bond acceptors (Lipinski definition) is 5. The number of oxime groups is 1. The van der Waals surface area contributed by atoms with Crippen LogP contribution in [0.15, 0.2) is 41.8 Å². The lowest BCUT2D eigenvalue weighted by Crippen LogP contribution is -2.37. The molecule has 0 bridgehead atoms. The molecule has 148 valence electrons. The Labute approximate surface area is 167 Å². The van der Waals surface area contributed by atoms with E-state index in [9.17, 15) is 0 Å². The van der Waals surface area contributed by atoms with Crippen molar-refractivity contribution in [3.05, 3.63) is 53.3 Å². The SMILES string of the molecule is Cc1ccc(C2CCC(=NOC3CCN(c4ncc(C)cn4)CC3)CC2)cc1. The average molecular weight is 379 g/mol. The minimum absolute atomic E-state index is 0.212. The van der Waals surface area contributed by atoms with Crippen LogP contribution in [0.1, 0.15) is 61.1 Å². The summed E-state index contributed by atoms with van der Waals surface area (Å²) >= 11 is 0. The lowest BCUT2D eigenvalue weighted by molar-refractivity contribution is 0.0406. The number of anilines is 1. The second-order valence-corrected chi connectivity index (χ2v) is 8.19. The molecule has 5 heteroatoms. The van der Waals surface area contributed by atoms with Gasteiger partial charge in [0.05, 0.1) is 5.71 Å². The Bertz CT molecular complexity index is 782. The van der Waals surface area contributed by atoms with E-state index in [1.165, 1.54) is 29.7 Å². The maximum Gasteiger partial charge on any atom is 0.225 e. The predicted octanol–water partition coefficient (Wildman–Crippen LogP) is 4.79. The van der Waals surface area contributed by atoms with Crippen molar-refractivity contribution in [2.24, 2.45) is 5.16 Å². The van der Waals surface area contributed by atoms with Crippen molar-refractivity contribution in [2.75, 3.05) is 18.0 Å². The molecular weight excluding hydrogens is 348 g/mol. The molecule has 2 aliphatic rings. The molecule has 1 saturated heterocycles. The van der Waals surface area contributed by atoms with Crippen molar-refractivity contribution in [1.29, 1.82) is 0 Å². The van der Waals surface area contributed by atoms with E-state index < -0.39 is 0 Å². The molecule has 0 N–H and O–H groups in total. The molecule has 0 atom stereocenters. The summed E-state index contributed by atoms with van der Waals surface area (Å²) in [6.07, 6.45) is 10.4. The molecule has 1 aromatic heterocycles. The third-order valence-corrected chi connectivity index (χ3v) is 5.93. The monoisotopic (exact) mass is 378 g/mol. The quantitative estimate of drug-likeness (QED) is 0.718. The Morgan fingerprint density at radius 1 is 0.893 bits per heavy atom. The van der Waals surface area contributed by atoms with E-state index in [1.807, 2.05) is 19.3 Å². The normalized spacial score (nSPS) is 20.9. The van der Waals surface area contributed by atoms with Crippen LogP contribution >= 0.6 is 0 Å². The highest BCUT2D eigenvalue weighted by atomic mass is 16.6. The predicted molar refractivity (Wildman–Crippen MR) is 113 cm³/mol. The Morgan fingerprint density at radius 2 is 1.54 bits per heavy atom. The largest absolute Gasteiger partial charge is 0.392 e. The van der Waals surface area contributed by atoms with Gasteiger partial charge in [0, 0.05) is 38.3 Å². The van der Waals surface area contributed by atoms with Gasteiger partial charge < -0.3 is 9.74 Å². The molecule has 0 spiro atoms. The van der Waals surface area contributed by atoms with Gasteiger partial charge in [-0.2, -0.15) is 0 Å². The van der Waals surface area contributed by atoms with E-state index >= 15 is 0 Å². The molecule has 0 radical (unpaired) electrons. The molecule has 1 aliphatic heterocycles. The highest BCUT2D eigenvalue weighted by Gasteiger charge is 2.23. The molecule has 28 heavy (non-hydrogen) atoms. The fourth-order valence-electron chi connectivity index (χ4n) is 4.07. The van der Waals surface area contributed by atoms with Crippen molar-refractivity contribution in [3.63, 3.8) is 0 Å². The smallest absolute Gasteiger partial charge is 0.225 e. The van der Waals surface area contributed by atoms with Crippen molar-refractivity contribution in [3.8, 4) is 0 Å². The lowest BCUT2D eigenvalue weighted by Gasteiger charge is -2.31. The number of aromatic nitrogens is 2. The second kappa shape index (κ2) is 8.72. The first-order chi connectivity index (χ1) is 13.7. The highest BCUT2D eigenvalue weighted by Crippen LogP contribution is 2.32. The third kappa shape index (κ3) is 4.70. The standard InChI is InChI=1S/C23H30N4O/c1-17-3-5-19(6-4-17)20-7-9-21(10-8-20)26-28-22-11-13-27(14-12-22)23-24-15-18(2)16-25-23/h3-6,15-16,20,22H,7-14H2,1-2H3. The van der Waals surface area contributed by atoms with Crippen molar-refractivity contribution < 1.29 is 4.84 Å². The van der Waals surface area contributed by atoms with E-state index in [4.69, 9.17) is 4.84 Å². The van der Waals surface area contributed by atoms with Crippen molar-refractivity contribution in [2.45, 2.75) is 64.4 Å². The van der Waals surface area contributed by atoms with Gasteiger partial charge in [-0.1, -0.05) is 35.0 Å². The number of aryl methyl sites for hydroxylation is 2. The Balaban J connectivity index is 1.22. The summed E-state index contributed by atoms with van der Waals surface area (Å²) in [4.78, 5) is 17.0. The lowest BCUT2D eigenvalue weighted by atomic mass is 9.83. The van der Waals surface area contributed by atoms with Crippen LogP contribution in [-0.2, 0) is 4.84 Å². The number of hydrogen-bond donors (Lipinski definition) is 0. The van der Waals surface area contributed by atoms with Gasteiger partial charge >= 0.3 is 0 Å². The van der Waals surface area contributed by atoms with Gasteiger partial charge in [0.2, 0.25) is 5.95 Å². The van der Waals surface area contributed by atoms with Gasteiger partial charge in [0.25, 0.3) is 0 Å². The van der Waals surface area contributed by atoms with Crippen LogP contribution in [0, 0.1) is 13.8 Å². The van der Waals surface area contributed by atoms with Crippen LogP contribution in [0.2, 0.25) is 0 Å². The summed E-state index contributed by atoms with van der Waals surface area (Å²) in [5.74, 6) is 1.49. The molecule has 1 saturated carbocycles. The van der Waals surface area contributed by atoms with Crippen molar-refractivity contribution in [1.82, 2.24) is 9.97 Å². The fourth-order valence-corrected chi connectivity index (χ4v) is 4.07. The number of piperidine rings is 1. The van der Waals surface area contributed by atoms with Crippen LogP contribution in [-0.4, -0.2) is 34.9 Å². The second-order valence-electron chi connectivity index (χ2n) is 8.19. The summed E-state index contributed by atoms with van der Waals surface area (Å²) in [6.45, 7) is 6.00. The Hall–Kier alpha value is -2.43. The number of nitrogens with zero attached hydrogens (tertiary/aromatic N) is 4. The molecule has 0 amide bonds. The molecule has 1 aliphatic carbocycles. The van der Waals surface area contributed by atoms with E-state index in [0.29, 0.717) is 5.92 Å². The van der Waals surface area contributed by atoms with Gasteiger partial charge in [-0.15, -0.1) is 0 Å². The first-order valence-corrected chi connectivity index (χ1v) is 10.5. The van der Waals surface area contributed by atoms with Crippen LogP contribution in [0.3, 0.4) is 0 Å². The van der Waals surface area contributed by atoms with Crippen molar-refractivity contribution >= 4 is 11.7 Å². The molecule has 4 rings (SSSR count). The molecule has 2 aromatic rings. The first kappa shape index (κ1) is 18.9. The van der Waals surface area contributed by atoms with Crippen LogP contribution in [0.4, 0.5) is 5.95 Å². The Morgan fingerprint density at radius 3 is 2.18 bits per heavy atom. The molecule has 2 fully saturated rings. The van der Waals surface area contributed by atoms with E-state index in [1.54, 1.807) is 0 Å². The molecule has 1 aromatic carbocycles.